The molecule has 0 amide bonds. The van der Waals surface area contributed by atoms with Gasteiger partial charge in [0, 0.05) is 17.2 Å². The summed E-state index contributed by atoms with van der Waals surface area (Å²) in [7, 11) is 5.36. The molecule has 0 radical (unpaired) electrons. The maximum atomic E-state index is 5.98. The average Bonchev–Trinajstić information content (AvgIpc) is 3.40. The summed E-state index contributed by atoms with van der Waals surface area (Å²) in [5.41, 5.74) is 3.42. The van der Waals surface area contributed by atoms with Crippen molar-refractivity contribution < 1.29 is 23.3 Å². The second kappa shape index (κ2) is 9.01. The fourth-order valence-corrected chi connectivity index (χ4v) is 3.49. The number of rotatable bonds is 8. The standard InChI is InChI=1S/C23H24N4O4/c1-15-21(22(26-31-15)16-8-6-5-7-9-16)23-25-24-20(30-23)14-27(2)13-17-10-11-18(28-3)12-19(17)29-4/h5-12H,13-14H2,1-4H3/p+1. The lowest BCUT2D eigenvalue weighted by molar-refractivity contribution is -0.909. The number of hydrogen-bond donors (Lipinski definition) is 1. The Kier molecular flexibility index (Phi) is 5.99. The fourth-order valence-electron chi connectivity index (χ4n) is 3.49. The predicted molar refractivity (Wildman–Crippen MR) is 114 cm³/mol. The van der Waals surface area contributed by atoms with Gasteiger partial charge in [0.25, 0.3) is 11.8 Å². The second-order valence-electron chi connectivity index (χ2n) is 7.32. The molecule has 0 spiro atoms. The summed E-state index contributed by atoms with van der Waals surface area (Å²) in [5.74, 6) is 3.13. The van der Waals surface area contributed by atoms with E-state index in [2.05, 4.69) is 22.4 Å². The Bertz CT molecular complexity index is 1150. The van der Waals surface area contributed by atoms with Crippen LogP contribution in [0.3, 0.4) is 0 Å². The van der Waals surface area contributed by atoms with Crippen molar-refractivity contribution in [3.05, 3.63) is 65.7 Å². The van der Waals surface area contributed by atoms with Crippen LogP contribution in [0.2, 0.25) is 0 Å². The van der Waals surface area contributed by atoms with Gasteiger partial charge in [0.15, 0.2) is 6.54 Å². The quantitative estimate of drug-likeness (QED) is 0.468. The molecular formula is C23H25N4O4+. The molecule has 0 fully saturated rings. The van der Waals surface area contributed by atoms with Crippen molar-refractivity contribution >= 4 is 0 Å². The molecule has 2 aromatic heterocycles. The number of aryl methyl sites for hydroxylation is 1. The number of ether oxygens (including phenoxy) is 2. The number of nitrogens with zero attached hydrogens (tertiary/aromatic N) is 3. The van der Waals surface area contributed by atoms with Gasteiger partial charge in [0.1, 0.15) is 35.1 Å². The minimum Gasteiger partial charge on any atom is -0.497 e. The Balaban J connectivity index is 1.51. The third-order valence-corrected chi connectivity index (χ3v) is 5.03. The Hall–Kier alpha value is -3.65. The number of hydrogen-bond acceptors (Lipinski definition) is 7. The van der Waals surface area contributed by atoms with Gasteiger partial charge in [-0.3, -0.25) is 0 Å². The van der Waals surface area contributed by atoms with E-state index < -0.39 is 0 Å². The van der Waals surface area contributed by atoms with Crippen LogP contribution < -0.4 is 14.4 Å². The van der Waals surface area contributed by atoms with E-state index in [-0.39, 0.29) is 0 Å². The highest BCUT2D eigenvalue weighted by atomic mass is 16.5. The molecule has 8 heteroatoms. The zero-order valence-electron chi connectivity index (χ0n) is 18.0. The first-order chi connectivity index (χ1) is 15.1. The van der Waals surface area contributed by atoms with E-state index in [1.54, 1.807) is 14.2 Å². The molecule has 8 nitrogen and oxygen atoms in total. The monoisotopic (exact) mass is 421 g/mol. The molecule has 1 N–H and O–H groups in total. The van der Waals surface area contributed by atoms with Gasteiger partial charge in [-0.25, -0.2) is 0 Å². The minimum atomic E-state index is 0.405. The van der Waals surface area contributed by atoms with Crippen LogP contribution in [0.25, 0.3) is 22.7 Å². The molecule has 2 aromatic carbocycles. The van der Waals surface area contributed by atoms with Crippen molar-refractivity contribution in [1.82, 2.24) is 15.4 Å². The van der Waals surface area contributed by atoms with E-state index >= 15 is 0 Å². The van der Waals surface area contributed by atoms with Crippen molar-refractivity contribution in [2.45, 2.75) is 20.0 Å². The van der Waals surface area contributed by atoms with Crippen molar-refractivity contribution in [2.75, 3.05) is 21.3 Å². The van der Waals surface area contributed by atoms with E-state index in [0.717, 1.165) is 34.7 Å². The first-order valence-electron chi connectivity index (χ1n) is 9.95. The second-order valence-corrected chi connectivity index (χ2v) is 7.32. The summed E-state index contributed by atoms with van der Waals surface area (Å²) < 4.78 is 22.2. The van der Waals surface area contributed by atoms with Crippen molar-refractivity contribution in [2.24, 2.45) is 0 Å². The van der Waals surface area contributed by atoms with Gasteiger partial charge in [0.05, 0.1) is 21.3 Å². The van der Waals surface area contributed by atoms with Crippen molar-refractivity contribution in [3.8, 4) is 34.2 Å². The average molecular weight is 421 g/mol. The Morgan fingerprint density at radius 3 is 2.52 bits per heavy atom. The Morgan fingerprint density at radius 2 is 1.77 bits per heavy atom. The van der Waals surface area contributed by atoms with E-state index in [4.69, 9.17) is 18.4 Å². The maximum Gasteiger partial charge on any atom is 0.271 e. The highest BCUT2D eigenvalue weighted by molar-refractivity contribution is 5.77. The summed E-state index contributed by atoms with van der Waals surface area (Å²) in [5, 5.41) is 12.7. The normalized spacial score (nSPS) is 12.0. The third-order valence-electron chi connectivity index (χ3n) is 5.03. The Labute approximate surface area is 180 Å². The van der Waals surface area contributed by atoms with Crippen LogP contribution in [0.1, 0.15) is 17.2 Å². The molecule has 0 aliphatic heterocycles. The zero-order chi connectivity index (χ0) is 21.8. The molecule has 1 atom stereocenters. The summed E-state index contributed by atoms with van der Waals surface area (Å²) in [6, 6.07) is 15.6. The number of benzene rings is 2. The van der Waals surface area contributed by atoms with E-state index in [9.17, 15) is 0 Å². The minimum absolute atomic E-state index is 0.405. The summed E-state index contributed by atoms with van der Waals surface area (Å²) in [6.07, 6.45) is 0. The molecule has 0 saturated heterocycles. The number of quaternary nitrogens is 1. The molecule has 4 aromatic rings. The molecule has 0 bridgehead atoms. The largest absolute Gasteiger partial charge is 0.497 e. The van der Waals surface area contributed by atoms with Crippen LogP contribution in [0.5, 0.6) is 11.5 Å². The van der Waals surface area contributed by atoms with Gasteiger partial charge >= 0.3 is 0 Å². The van der Waals surface area contributed by atoms with Gasteiger partial charge < -0.3 is 23.3 Å². The molecule has 4 rings (SSSR count). The molecule has 0 aliphatic carbocycles. The van der Waals surface area contributed by atoms with Crippen molar-refractivity contribution in [1.29, 1.82) is 0 Å². The first-order valence-corrected chi connectivity index (χ1v) is 9.95. The lowest BCUT2D eigenvalue weighted by Crippen LogP contribution is -3.06. The summed E-state index contributed by atoms with van der Waals surface area (Å²) in [4.78, 5) is 1.17. The SMILES string of the molecule is COc1ccc(C[NH+](C)Cc2nnc(-c3c(-c4ccccc4)noc3C)o2)c(OC)c1. The molecule has 31 heavy (non-hydrogen) atoms. The summed E-state index contributed by atoms with van der Waals surface area (Å²) >= 11 is 0. The van der Waals surface area contributed by atoms with E-state index in [1.807, 2.05) is 55.5 Å². The summed E-state index contributed by atoms with van der Waals surface area (Å²) in [6.45, 7) is 3.13. The van der Waals surface area contributed by atoms with E-state index in [0.29, 0.717) is 29.8 Å². The highest BCUT2D eigenvalue weighted by Crippen LogP contribution is 2.33. The lowest BCUT2D eigenvalue weighted by atomic mass is 10.1. The lowest BCUT2D eigenvalue weighted by Gasteiger charge is -2.15. The molecule has 0 aliphatic rings. The molecule has 1 unspecified atom stereocenters. The smallest absolute Gasteiger partial charge is 0.271 e. The Morgan fingerprint density at radius 1 is 0.968 bits per heavy atom. The predicted octanol–water partition coefficient (Wildman–Crippen LogP) is 2.93. The van der Waals surface area contributed by atoms with Crippen LogP contribution in [0.4, 0.5) is 0 Å². The van der Waals surface area contributed by atoms with Gasteiger partial charge in [-0.05, 0) is 19.1 Å². The highest BCUT2D eigenvalue weighted by Gasteiger charge is 2.23. The van der Waals surface area contributed by atoms with Crippen LogP contribution in [0.15, 0.2) is 57.5 Å². The van der Waals surface area contributed by atoms with Crippen LogP contribution in [0, 0.1) is 6.92 Å². The maximum absolute atomic E-state index is 5.98. The first kappa shape index (κ1) is 20.6. The van der Waals surface area contributed by atoms with Crippen LogP contribution in [-0.2, 0) is 13.1 Å². The van der Waals surface area contributed by atoms with Gasteiger partial charge in [0.2, 0.25) is 0 Å². The van der Waals surface area contributed by atoms with Gasteiger partial charge in [-0.2, -0.15) is 0 Å². The van der Waals surface area contributed by atoms with E-state index in [1.165, 1.54) is 4.90 Å². The topological polar surface area (TPSA) is 87.9 Å². The zero-order valence-corrected chi connectivity index (χ0v) is 18.0. The molecular weight excluding hydrogens is 396 g/mol. The number of aromatic nitrogens is 3. The molecule has 2 heterocycles. The number of nitrogens with one attached hydrogen (secondary N) is 1. The van der Waals surface area contributed by atoms with Gasteiger partial charge in [-0.15, -0.1) is 10.2 Å². The van der Waals surface area contributed by atoms with Gasteiger partial charge in [-0.1, -0.05) is 35.5 Å². The third kappa shape index (κ3) is 4.44. The van der Waals surface area contributed by atoms with Crippen molar-refractivity contribution in [3.63, 3.8) is 0 Å². The van der Waals surface area contributed by atoms with Crippen LogP contribution in [-0.4, -0.2) is 36.6 Å². The molecule has 160 valence electrons. The fraction of sp³-hybridized carbons (Fsp3) is 0.261. The van der Waals surface area contributed by atoms with Crippen LogP contribution >= 0.6 is 0 Å². The molecule has 0 saturated carbocycles. The number of methoxy groups -OCH3 is 2.